The van der Waals surface area contributed by atoms with Gasteiger partial charge in [0.2, 0.25) is 5.91 Å². The zero-order chi connectivity index (χ0) is 18.9. The van der Waals surface area contributed by atoms with Crippen LogP contribution in [0.1, 0.15) is 18.9 Å². The molecule has 0 aliphatic carbocycles. The molecule has 1 aliphatic heterocycles. The van der Waals surface area contributed by atoms with Crippen molar-refractivity contribution in [2.45, 2.75) is 19.9 Å². The molecule has 0 aromatic heterocycles. The first-order valence-corrected chi connectivity index (χ1v) is 8.77. The van der Waals surface area contributed by atoms with Gasteiger partial charge >= 0.3 is 6.09 Å². The van der Waals surface area contributed by atoms with Crippen molar-refractivity contribution >= 4 is 47.6 Å². The second-order valence-corrected chi connectivity index (χ2v) is 6.17. The highest BCUT2D eigenvalue weighted by atomic mass is 127. The average Bonchev–Trinajstić information content (AvgIpc) is 3.07. The molecule has 0 atom stereocenters. The van der Waals surface area contributed by atoms with Gasteiger partial charge in [-0.1, -0.05) is 19.1 Å². The minimum Gasteiger partial charge on any atom is -0.447 e. The number of rotatable bonds is 7. The number of nitrogens with zero attached hydrogens (tertiary/aromatic N) is 3. The van der Waals surface area contributed by atoms with Crippen molar-refractivity contribution in [2.24, 2.45) is 4.99 Å². The summed E-state index contributed by atoms with van der Waals surface area (Å²) in [5.41, 5.74) is 1.83. The van der Waals surface area contributed by atoms with E-state index < -0.39 is 0 Å². The highest BCUT2D eigenvalue weighted by Crippen LogP contribution is 2.19. The van der Waals surface area contributed by atoms with Crippen LogP contribution < -0.4 is 15.5 Å². The number of hydrogen-bond acceptors (Lipinski definition) is 4. The SMILES string of the molecule is CCCNC(=NCc1ccc(N2CCOC2=O)cc1)NCC(=O)N(C)C.I. The molecule has 9 heteroatoms. The van der Waals surface area contributed by atoms with Crippen LogP contribution in [0.3, 0.4) is 0 Å². The fourth-order valence-electron chi connectivity index (χ4n) is 2.31. The lowest BCUT2D eigenvalue weighted by atomic mass is 10.2. The smallest absolute Gasteiger partial charge is 0.414 e. The molecular formula is C18H28IN5O3. The van der Waals surface area contributed by atoms with Gasteiger partial charge in [0, 0.05) is 26.3 Å². The Balaban J connectivity index is 0.00000364. The van der Waals surface area contributed by atoms with Gasteiger partial charge in [-0.05, 0) is 24.1 Å². The summed E-state index contributed by atoms with van der Waals surface area (Å²) in [4.78, 5) is 31.0. The number of benzene rings is 1. The molecule has 0 bridgehead atoms. The third kappa shape index (κ3) is 7.24. The fourth-order valence-corrected chi connectivity index (χ4v) is 2.31. The molecule has 1 aromatic rings. The Hall–Kier alpha value is -2.04. The monoisotopic (exact) mass is 489 g/mol. The molecule has 2 N–H and O–H groups in total. The summed E-state index contributed by atoms with van der Waals surface area (Å²) in [6, 6.07) is 7.65. The van der Waals surface area contributed by atoms with Crippen LogP contribution in [-0.4, -0.2) is 63.2 Å². The van der Waals surface area contributed by atoms with E-state index >= 15 is 0 Å². The number of carbonyl (C=O) groups is 2. The summed E-state index contributed by atoms with van der Waals surface area (Å²) in [7, 11) is 3.44. The molecule has 1 aromatic carbocycles. The Morgan fingerprint density at radius 2 is 1.96 bits per heavy atom. The first-order chi connectivity index (χ1) is 12.5. The van der Waals surface area contributed by atoms with E-state index in [4.69, 9.17) is 4.74 Å². The second kappa shape index (κ2) is 11.6. The number of halogens is 1. The molecule has 1 heterocycles. The first kappa shape index (κ1) is 23.0. The number of anilines is 1. The number of amides is 2. The molecule has 150 valence electrons. The van der Waals surface area contributed by atoms with Crippen LogP contribution in [0.5, 0.6) is 0 Å². The van der Waals surface area contributed by atoms with Gasteiger partial charge in [-0.2, -0.15) is 0 Å². The molecular weight excluding hydrogens is 461 g/mol. The predicted molar refractivity (Wildman–Crippen MR) is 117 cm³/mol. The van der Waals surface area contributed by atoms with Gasteiger partial charge in [-0.25, -0.2) is 9.79 Å². The quantitative estimate of drug-likeness (QED) is 0.347. The number of aliphatic imine (C=N–C) groups is 1. The van der Waals surface area contributed by atoms with Crippen molar-refractivity contribution in [3.8, 4) is 0 Å². The summed E-state index contributed by atoms with van der Waals surface area (Å²) in [5, 5.41) is 6.24. The Kier molecular flexibility index (Phi) is 9.90. The van der Waals surface area contributed by atoms with Gasteiger partial charge in [-0.15, -0.1) is 24.0 Å². The standard InChI is InChI=1S/C18H27N5O3.HI/c1-4-9-19-17(21-13-16(24)22(2)3)20-12-14-5-7-15(8-6-14)23-10-11-26-18(23)25;/h5-8H,4,9-13H2,1-3H3,(H2,19,20,21);1H. The third-order valence-electron chi connectivity index (χ3n) is 3.88. The van der Waals surface area contributed by atoms with E-state index in [1.165, 1.54) is 4.90 Å². The zero-order valence-electron chi connectivity index (χ0n) is 16.0. The van der Waals surface area contributed by atoms with Gasteiger partial charge in [0.05, 0.1) is 19.6 Å². The van der Waals surface area contributed by atoms with Crippen LogP contribution in [0.15, 0.2) is 29.3 Å². The fraction of sp³-hybridized carbons (Fsp3) is 0.500. The van der Waals surface area contributed by atoms with E-state index in [1.807, 2.05) is 24.3 Å². The Bertz CT molecular complexity index is 649. The number of likely N-dealkylation sites (N-methyl/N-ethyl adjacent to an activating group) is 1. The minimum absolute atomic E-state index is 0. The van der Waals surface area contributed by atoms with Gasteiger partial charge in [0.25, 0.3) is 0 Å². The van der Waals surface area contributed by atoms with Crippen molar-refractivity contribution in [3.05, 3.63) is 29.8 Å². The molecule has 1 aliphatic rings. The van der Waals surface area contributed by atoms with Crippen LogP contribution in [0.25, 0.3) is 0 Å². The van der Waals surface area contributed by atoms with Crippen molar-refractivity contribution in [2.75, 3.05) is 45.2 Å². The Labute approximate surface area is 177 Å². The number of ether oxygens (including phenoxy) is 1. The molecule has 1 fully saturated rings. The normalized spacial score (nSPS) is 13.7. The van der Waals surface area contributed by atoms with Crippen LogP contribution in [0, 0.1) is 0 Å². The maximum absolute atomic E-state index is 11.7. The number of nitrogens with one attached hydrogen (secondary N) is 2. The molecule has 0 unspecified atom stereocenters. The molecule has 0 spiro atoms. The van der Waals surface area contributed by atoms with Crippen LogP contribution >= 0.6 is 24.0 Å². The van der Waals surface area contributed by atoms with Crippen LogP contribution in [0.2, 0.25) is 0 Å². The number of hydrogen-bond donors (Lipinski definition) is 2. The first-order valence-electron chi connectivity index (χ1n) is 8.77. The Morgan fingerprint density at radius 3 is 2.52 bits per heavy atom. The molecule has 27 heavy (non-hydrogen) atoms. The van der Waals surface area contributed by atoms with E-state index in [1.54, 1.807) is 19.0 Å². The van der Waals surface area contributed by atoms with Crippen LogP contribution in [0.4, 0.5) is 10.5 Å². The second-order valence-electron chi connectivity index (χ2n) is 6.17. The largest absolute Gasteiger partial charge is 0.447 e. The summed E-state index contributed by atoms with van der Waals surface area (Å²) >= 11 is 0. The maximum Gasteiger partial charge on any atom is 0.414 e. The number of cyclic esters (lactones) is 1. The van der Waals surface area contributed by atoms with Gasteiger partial charge in [0.15, 0.2) is 5.96 Å². The summed E-state index contributed by atoms with van der Waals surface area (Å²) < 4.78 is 4.95. The molecule has 2 rings (SSSR count). The van der Waals surface area contributed by atoms with E-state index in [9.17, 15) is 9.59 Å². The molecule has 2 amide bonds. The van der Waals surface area contributed by atoms with Gasteiger partial charge < -0.3 is 20.3 Å². The zero-order valence-corrected chi connectivity index (χ0v) is 18.4. The number of guanidine groups is 1. The van der Waals surface area contributed by atoms with Crippen molar-refractivity contribution in [1.82, 2.24) is 15.5 Å². The van der Waals surface area contributed by atoms with E-state index in [-0.39, 0.29) is 42.5 Å². The van der Waals surface area contributed by atoms with E-state index in [0.717, 1.165) is 24.2 Å². The van der Waals surface area contributed by atoms with E-state index in [0.29, 0.717) is 25.7 Å². The van der Waals surface area contributed by atoms with Crippen molar-refractivity contribution < 1.29 is 14.3 Å². The molecule has 1 saturated heterocycles. The molecule has 8 nitrogen and oxygen atoms in total. The van der Waals surface area contributed by atoms with E-state index in [2.05, 4.69) is 22.5 Å². The van der Waals surface area contributed by atoms with Crippen LogP contribution in [-0.2, 0) is 16.1 Å². The van der Waals surface area contributed by atoms with Crippen molar-refractivity contribution in [3.63, 3.8) is 0 Å². The Morgan fingerprint density at radius 1 is 1.26 bits per heavy atom. The molecule has 0 radical (unpaired) electrons. The summed E-state index contributed by atoms with van der Waals surface area (Å²) in [6.45, 7) is 4.51. The van der Waals surface area contributed by atoms with Gasteiger partial charge in [0.1, 0.15) is 6.61 Å². The lowest BCUT2D eigenvalue weighted by molar-refractivity contribution is -0.127. The lowest BCUT2D eigenvalue weighted by Crippen LogP contribution is -2.43. The maximum atomic E-state index is 11.7. The van der Waals surface area contributed by atoms with Crippen molar-refractivity contribution in [1.29, 1.82) is 0 Å². The highest BCUT2D eigenvalue weighted by Gasteiger charge is 2.23. The number of carbonyl (C=O) groups excluding carboxylic acids is 2. The highest BCUT2D eigenvalue weighted by molar-refractivity contribution is 14.0. The summed E-state index contributed by atoms with van der Waals surface area (Å²) in [5.74, 6) is 0.590. The molecule has 0 saturated carbocycles. The summed E-state index contributed by atoms with van der Waals surface area (Å²) in [6.07, 6.45) is 0.653. The minimum atomic E-state index is -0.309. The average molecular weight is 489 g/mol. The van der Waals surface area contributed by atoms with Gasteiger partial charge in [-0.3, -0.25) is 9.69 Å². The lowest BCUT2D eigenvalue weighted by Gasteiger charge is -2.15. The topological polar surface area (TPSA) is 86.3 Å². The third-order valence-corrected chi connectivity index (χ3v) is 3.88. The predicted octanol–water partition coefficient (Wildman–Crippen LogP) is 1.79.